The van der Waals surface area contributed by atoms with Crippen molar-refractivity contribution in [3.8, 4) is 0 Å². The SMILES string of the molecule is CC=O.I.II.I[I-]I.[2H]C(=CC)CCC.[2H]CCCC. The second-order valence-electron chi connectivity index (χ2n) is 2.39. The van der Waals surface area contributed by atoms with Crippen LogP contribution in [0.5, 0.6) is 0 Å². The standard InChI is InChI=1S/C6H12.C4H10.C2H4O.I3.I2.HI/c1-3-5-6-4-2;1-3-4-2;1-2-3;1-3-2;1-2;/h3,5H,4,6H2,1-2H3;3-4H2,1-2H3;2H,1H3;;;1H/q;;;-1;;/i5D;1D;;;;. The number of allylic oxidation sites excluding steroid dienone is 2. The number of carbonyl (C=O) groups is 1. The Morgan fingerprint density at radius 3 is 1.58 bits per heavy atom. The molecule has 0 bridgehead atoms. The summed E-state index contributed by atoms with van der Waals surface area (Å²) in [6.45, 7) is 8.11. The van der Waals surface area contributed by atoms with E-state index in [1.165, 1.54) is 6.92 Å². The molecule has 0 radical (unpaired) electrons. The van der Waals surface area contributed by atoms with Gasteiger partial charge in [-0.2, -0.15) is 0 Å². The van der Waals surface area contributed by atoms with E-state index in [4.69, 9.17) is 7.54 Å². The summed E-state index contributed by atoms with van der Waals surface area (Å²) in [5, 5.41) is 0. The Labute approximate surface area is 194 Å². The first-order chi connectivity index (χ1) is 9.55. The number of carbonyl (C=O) groups excluding carboxylic acids is 1. The van der Waals surface area contributed by atoms with Gasteiger partial charge in [0.15, 0.2) is 0 Å². The largest absolute Gasteiger partial charge is 0.0917 e. The summed E-state index contributed by atoms with van der Waals surface area (Å²) >= 11 is 9.54. The van der Waals surface area contributed by atoms with Crippen LogP contribution in [-0.4, -0.2) is 6.29 Å². The van der Waals surface area contributed by atoms with Crippen LogP contribution in [0.15, 0.2) is 12.1 Å². The van der Waals surface area contributed by atoms with E-state index < -0.39 is 0 Å². The Hall–Kier alpha value is 3.79. The average molecular weight is 951 g/mol. The van der Waals surface area contributed by atoms with Crippen LogP contribution in [0.3, 0.4) is 0 Å². The number of halogens is 6. The fourth-order valence-corrected chi connectivity index (χ4v) is 0.289. The van der Waals surface area contributed by atoms with E-state index in [0.717, 1.165) is 38.0 Å². The molecule has 0 rings (SSSR count). The van der Waals surface area contributed by atoms with Crippen molar-refractivity contribution < 1.29 is 20.8 Å². The summed E-state index contributed by atoms with van der Waals surface area (Å²) in [7, 11) is 0. The van der Waals surface area contributed by atoms with Crippen LogP contribution in [0.2, 0.25) is 0 Å². The minimum Gasteiger partial charge on any atom is -0.0917 e. The second-order valence-corrected chi connectivity index (χ2v) is 18.6. The minimum absolute atomic E-state index is 0. The Bertz CT molecular complexity index is 161. The molecule has 0 saturated heterocycles. The number of aldehydes is 1. The Morgan fingerprint density at radius 2 is 1.53 bits per heavy atom. The predicted octanol–water partition coefficient (Wildman–Crippen LogP) is 5.54. The molecule has 0 fully saturated rings. The van der Waals surface area contributed by atoms with Crippen molar-refractivity contribution in [2.75, 3.05) is 0 Å². The van der Waals surface area contributed by atoms with Gasteiger partial charge in [0.1, 0.15) is 6.29 Å². The maximum Gasteiger partial charge on any atom is 0.0572 e. The van der Waals surface area contributed by atoms with Crippen molar-refractivity contribution >= 4 is 105 Å². The van der Waals surface area contributed by atoms with Crippen molar-refractivity contribution in [1.82, 2.24) is 0 Å². The normalized spacial score (nSPS) is 8.95. The molecule has 0 aromatic rings. The van der Waals surface area contributed by atoms with Crippen LogP contribution in [0.4, 0.5) is 0 Å². The topological polar surface area (TPSA) is 17.1 Å². The first-order valence-corrected chi connectivity index (χ1v) is 24.2. The molecule has 0 aromatic carbocycles. The fraction of sp³-hybridized carbons (Fsp3) is 0.750. The van der Waals surface area contributed by atoms with Gasteiger partial charge in [-0.25, -0.2) is 0 Å². The quantitative estimate of drug-likeness (QED) is 0.207. The number of hydrogen-bond acceptors (Lipinski definition) is 1. The van der Waals surface area contributed by atoms with Crippen LogP contribution < -0.4 is 13.3 Å². The van der Waals surface area contributed by atoms with E-state index in [2.05, 4.69) is 88.3 Å². The predicted molar refractivity (Wildman–Crippen MR) is 134 cm³/mol. The van der Waals surface area contributed by atoms with Gasteiger partial charge in [0.2, 0.25) is 0 Å². The van der Waals surface area contributed by atoms with Gasteiger partial charge in [0.05, 0.1) is 1.37 Å². The van der Waals surface area contributed by atoms with E-state index in [9.17, 15) is 0 Å². The van der Waals surface area contributed by atoms with Crippen LogP contribution >= 0.6 is 98.4 Å². The first kappa shape index (κ1) is 30.6. The summed E-state index contributed by atoms with van der Waals surface area (Å²) in [5.74, 6) is 0. The summed E-state index contributed by atoms with van der Waals surface area (Å²) in [4.78, 5) is 8.81. The Kier molecular flexibility index (Phi) is 109. The first-order valence-electron chi connectivity index (χ1n) is 6.58. The third-order valence-corrected chi connectivity index (χ3v) is 0.952. The van der Waals surface area contributed by atoms with Crippen molar-refractivity contribution in [3.63, 3.8) is 0 Å². The van der Waals surface area contributed by atoms with Crippen LogP contribution in [-0.2, 0) is 4.79 Å². The van der Waals surface area contributed by atoms with Gasteiger partial charge in [0.25, 0.3) is 0 Å². The molecule has 0 saturated carbocycles. The van der Waals surface area contributed by atoms with Gasteiger partial charge in [0, 0.05) is 38.6 Å². The third kappa shape index (κ3) is 141. The van der Waals surface area contributed by atoms with E-state index in [0.29, 0.717) is 20.2 Å². The maximum atomic E-state index is 8.81. The van der Waals surface area contributed by atoms with E-state index in [-0.39, 0.29) is 24.0 Å². The third-order valence-electron chi connectivity index (χ3n) is 0.952. The van der Waals surface area contributed by atoms with E-state index >= 15 is 0 Å². The summed E-state index contributed by atoms with van der Waals surface area (Å²) in [6, 6.07) is 0.752. The fourth-order valence-electron chi connectivity index (χ4n) is 0.289. The van der Waals surface area contributed by atoms with E-state index in [1.807, 2.05) is 13.0 Å². The van der Waals surface area contributed by atoms with Crippen LogP contribution in [0.25, 0.3) is 0 Å². The molecule has 0 unspecified atom stereocenters. The van der Waals surface area contributed by atoms with E-state index in [1.54, 1.807) is 0 Å². The molecule has 124 valence electrons. The summed E-state index contributed by atoms with van der Waals surface area (Å²) in [6.07, 6.45) is 6.81. The number of rotatable bonds is 3. The molecule has 19 heavy (non-hydrogen) atoms. The molecule has 1 nitrogen and oxygen atoms in total. The zero-order valence-corrected chi connectivity index (χ0v) is 25.0. The van der Waals surface area contributed by atoms with Crippen LogP contribution in [0.1, 0.15) is 63.0 Å². The monoisotopic (exact) mass is 951 g/mol. The molecule has 0 amide bonds. The zero-order chi connectivity index (χ0) is 17.2. The van der Waals surface area contributed by atoms with Gasteiger partial charge < -0.3 is 4.79 Å². The van der Waals surface area contributed by atoms with Gasteiger partial charge >= 0.3 is 50.5 Å². The minimum atomic E-state index is 0. The molecule has 0 atom stereocenters. The molecule has 0 aromatic heterocycles. The molecule has 7 heteroatoms. The molecular formula is C12H27I6O-. The van der Waals surface area contributed by atoms with Gasteiger partial charge in [-0.3, -0.25) is 0 Å². The molecule has 0 spiro atoms. The van der Waals surface area contributed by atoms with Crippen LogP contribution in [0, 0.1) is 0 Å². The molecular weight excluding hydrogens is 922 g/mol. The number of unbranched alkanes of at least 4 members (excludes halogenated alkanes) is 1. The van der Waals surface area contributed by atoms with Crippen molar-refractivity contribution in [3.05, 3.63) is 12.1 Å². The van der Waals surface area contributed by atoms with Crippen molar-refractivity contribution in [2.45, 2.75) is 60.3 Å². The smallest absolute Gasteiger partial charge is 0.0572 e. The average Bonchev–Trinajstić information content (AvgIpc) is 2.44. The molecule has 0 heterocycles. The van der Waals surface area contributed by atoms with Gasteiger partial charge in [-0.05, 0) is 20.3 Å². The second kappa shape index (κ2) is 67.8. The molecule has 0 N–H and O–H groups in total. The summed E-state index contributed by atoms with van der Waals surface area (Å²) in [5.41, 5.74) is 0. The zero-order valence-electron chi connectivity index (χ0n) is 13.9. The molecule has 0 aliphatic carbocycles. The van der Waals surface area contributed by atoms with Gasteiger partial charge in [-0.15, -0.1) is 24.0 Å². The summed E-state index contributed by atoms with van der Waals surface area (Å²) < 4.78 is 13.7. The van der Waals surface area contributed by atoms with Gasteiger partial charge in [-0.1, -0.05) is 52.1 Å². The van der Waals surface area contributed by atoms with Crippen molar-refractivity contribution in [1.29, 1.82) is 0 Å². The Morgan fingerprint density at radius 1 is 1.16 bits per heavy atom. The van der Waals surface area contributed by atoms with Crippen molar-refractivity contribution in [2.24, 2.45) is 0 Å². The number of hydrogen-bond donors (Lipinski definition) is 0. The Balaban J connectivity index is -0.0000000358. The maximum absolute atomic E-state index is 8.81. The molecule has 0 aliphatic heterocycles. The molecule has 0 aliphatic rings.